The molecule has 0 aromatic heterocycles. The molecule has 1 rings (SSSR count). The molecule has 4 heteroatoms. The third-order valence-corrected chi connectivity index (χ3v) is 3.88. The lowest BCUT2D eigenvalue weighted by Crippen LogP contribution is -2.18. The molecule has 0 aliphatic heterocycles. The molecular formula is C7H11ClO2S. The van der Waals surface area contributed by atoms with Gasteiger partial charge in [-0.25, -0.2) is 8.42 Å². The minimum absolute atomic E-state index is 0.353. The Labute approximate surface area is 71.7 Å². The summed E-state index contributed by atoms with van der Waals surface area (Å²) in [5.74, 6) is 0. The monoisotopic (exact) mass is 194 g/mol. The summed E-state index contributed by atoms with van der Waals surface area (Å²) in [5, 5.41) is -0.353. The maximum absolute atomic E-state index is 10.9. The lowest BCUT2D eigenvalue weighted by Gasteiger charge is -2.17. The molecule has 0 saturated heterocycles. The molecule has 0 fully saturated rings. The van der Waals surface area contributed by atoms with Gasteiger partial charge in [-0.2, -0.15) is 0 Å². The van der Waals surface area contributed by atoms with E-state index in [9.17, 15) is 8.42 Å². The van der Waals surface area contributed by atoms with Crippen molar-refractivity contribution in [3.8, 4) is 0 Å². The summed E-state index contributed by atoms with van der Waals surface area (Å²) in [6, 6.07) is 0. The Balaban J connectivity index is 2.73. The lowest BCUT2D eigenvalue weighted by molar-refractivity contribution is 0.578. The van der Waals surface area contributed by atoms with Crippen molar-refractivity contribution >= 4 is 19.7 Å². The summed E-state index contributed by atoms with van der Waals surface area (Å²) < 4.78 is 21.7. The highest BCUT2D eigenvalue weighted by Gasteiger charge is 2.24. The molecular weight excluding hydrogens is 184 g/mol. The van der Waals surface area contributed by atoms with E-state index in [-0.39, 0.29) is 5.25 Å². The first-order valence-electron chi connectivity index (χ1n) is 3.59. The lowest BCUT2D eigenvalue weighted by atomic mass is 10.0. The van der Waals surface area contributed by atoms with Crippen LogP contribution in [-0.4, -0.2) is 13.7 Å². The SMILES string of the molecule is CC1=CCCC(S(=O)(=O)Cl)C1. The normalized spacial score (nSPS) is 26.4. The minimum atomic E-state index is -3.33. The van der Waals surface area contributed by atoms with Crippen LogP contribution in [0.1, 0.15) is 26.2 Å². The molecule has 0 bridgehead atoms. The molecule has 0 radical (unpaired) electrons. The third kappa shape index (κ3) is 2.49. The predicted molar refractivity (Wildman–Crippen MR) is 46.2 cm³/mol. The number of allylic oxidation sites excluding steroid dienone is 2. The van der Waals surface area contributed by atoms with Crippen LogP contribution in [0.15, 0.2) is 11.6 Å². The van der Waals surface area contributed by atoms with Gasteiger partial charge >= 0.3 is 0 Å². The van der Waals surface area contributed by atoms with E-state index in [0.29, 0.717) is 12.8 Å². The van der Waals surface area contributed by atoms with Gasteiger partial charge in [-0.3, -0.25) is 0 Å². The fourth-order valence-corrected chi connectivity index (χ4v) is 2.64. The Morgan fingerprint density at radius 1 is 1.64 bits per heavy atom. The van der Waals surface area contributed by atoms with E-state index in [1.807, 2.05) is 6.92 Å². The average Bonchev–Trinajstić information content (AvgIpc) is 1.86. The molecule has 64 valence electrons. The fourth-order valence-electron chi connectivity index (χ4n) is 1.30. The van der Waals surface area contributed by atoms with Gasteiger partial charge in [-0.15, -0.1) is 0 Å². The first-order valence-corrected chi connectivity index (χ1v) is 5.96. The van der Waals surface area contributed by atoms with Crippen LogP contribution in [0.4, 0.5) is 0 Å². The predicted octanol–water partition coefficient (Wildman–Crippen LogP) is 2.05. The molecule has 0 spiro atoms. The molecule has 0 saturated carbocycles. The largest absolute Gasteiger partial charge is 0.235 e. The first kappa shape index (κ1) is 9.07. The van der Waals surface area contributed by atoms with Gasteiger partial charge in [-0.05, 0) is 26.2 Å². The van der Waals surface area contributed by atoms with Crippen molar-refractivity contribution < 1.29 is 8.42 Å². The van der Waals surface area contributed by atoms with Crippen molar-refractivity contribution in [2.45, 2.75) is 31.4 Å². The van der Waals surface area contributed by atoms with Gasteiger partial charge < -0.3 is 0 Å². The van der Waals surface area contributed by atoms with Crippen molar-refractivity contribution in [2.75, 3.05) is 0 Å². The number of hydrogen-bond donors (Lipinski definition) is 0. The highest BCUT2D eigenvalue weighted by atomic mass is 35.7. The molecule has 1 unspecified atom stereocenters. The quantitative estimate of drug-likeness (QED) is 0.473. The number of hydrogen-bond acceptors (Lipinski definition) is 2. The Morgan fingerprint density at radius 2 is 2.27 bits per heavy atom. The van der Waals surface area contributed by atoms with Gasteiger partial charge in [-0.1, -0.05) is 11.6 Å². The zero-order valence-corrected chi connectivity index (χ0v) is 7.95. The second-order valence-corrected chi connectivity index (χ2v) is 5.84. The van der Waals surface area contributed by atoms with Crippen LogP contribution in [0.25, 0.3) is 0 Å². The Kier molecular flexibility index (Phi) is 2.60. The summed E-state index contributed by atoms with van der Waals surface area (Å²) in [7, 11) is 1.89. The zero-order chi connectivity index (χ0) is 8.48. The maximum Gasteiger partial charge on any atom is 0.235 e. The first-order chi connectivity index (χ1) is 5.00. The van der Waals surface area contributed by atoms with Gasteiger partial charge in [0.25, 0.3) is 0 Å². The molecule has 0 heterocycles. The highest BCUT2D eigenvalue weighted by Crippen LogP contribution is 2.25. The second-order valence-electron chi connectivity index (χ2n) is 2.93. The van der Waals surface area contributed by atoms with Crippen molar-refractivity contribution in [1.82, 2.24) is 0 Å². The molecule has 1 aliphatic carbocycles. The van der Waals surface area contributed by atoms with Gasteiger partial charge in [0.2, 0.25) is 9.05 Å². The summed E-state index contributed by atoms with van der Waals surface area (Å²) in [6.45, 7) is 1.94. The summed E-state index contributed by atoms with van der Waals surface area (Å²) in [6.07, 6.45) is 4.18. The Bertz CT molecular complexity index is 266. The molecule has 0 aromatic rings. The van der Waals surface area contributed by atoms with E-state index in [1.165, 1.54) is 0 Å². The highest BCUT2D eigenvalue weighted by molar-refractivity contribution is 8.14. The molecule has 1 aliphatic rings. The maximum atomic E-state index is 10.9. The Morgan fingerprint density at radius 3 is 2.64 bits per heavy atom. The Hall–Kier alpha value is -0.0200. The fraction of sp³-hybridized carbons (Fsp3) is 0.714. The minimum Gasteiger partial charge on any atom is -0.212 e. The topological polar surface area (TPSA) is 34.1 Å². The molecule has 0 amide bonds. The van der Waals surface area contributed by atoms with Crippen molar-refractivity contribution in [3.05, 3.63) is 11.6 Å². The van der Waals surface area contributed by atoms with Gasteiger partial charge in [0.15, 0.2) is 0 Å². The average molecular weight is 195 g/mol. The second kappa shape index (κ2) is 3.15. The van der Waals surface area contributed by atoms with E-state index in [1.54, 1.807) is 0 Å². The standard InChI is InChI=1S/C7H11ClO2S/c1-6-3-2-4-7(5-6)11(8,9)10/h3,7H,2,4-5H2,1H3. The van der Waals surface area contributed by atoms with Crippen LogP contribution >= 0.6 is 10.7 Å². The van der Waals surface area contributed by atoms with Crippen LogP contribution in [-0.2, 0) is 9.05 Å². The summed E-state index contributed by atoms with van der Waals surface area (Å²) in [4.78, 5) is 0. The van der Waals surface area contributed by atoms with Crippen LogP contribution in [0.2, 0.25) is 0 Å². The zero-order valence-electron chi connectivity index (χ0n) is 6.38. The summed E-state index contributed by atoms with van der Waals surface area (Å²) >= 11 is 0. The summed E-state index contributed by atoms with van der Waals surface area (Å²) in [5.41, 5.74) is 1.13. The van der Waals surface area contributed by atoms with Crippen molar-refractivity contribution in [2.24, 2.45) is 0 Å². The van der Waals surface area contributed by atoms with E-state index in [0.717, 1.165) is 12.0 Å². The van der Waals surface area contributed by atoms with E-state index in [4.69, 9.17) is 10.7 Å². The van der Waals surface area contributed by atoms with Gasteiger partial charge in [0.1, 0.15) is 0 Å². The molecule has 0 N–H and O–H groups in total. The van der Waals surface area contributed by atoms with Crippen LogP contribution in [0.5, 0.6) is 0 Å². The molecule has 1 atom stereocenters. The van der Waals surface area contributed by atoms with Crippen molar-refractivity contribution in [1.29, 1.82) is 0 Å². The molecule has 11 heavy (non-hydrogen) atoms. The van der Waals surface area contributed by atoms with Crippen LogP contribution in [0, 0.1) is 0 Å². The van der Waals surface area contributed by atoms with Crippen LogP contribution in [0.3, 0.4) is 0 Å². The van der Waals surface area contributed by atoms with Gasteiger partial charge in [0.05, 0.1) is 5.25 Å². The molecule has 2 nitrogen and oxygen atoms in total. The van der Waals surface area contributed by atoms with E-state index < -0.39 is 9.05 Å². The molecule has 0 aromatic carbocycles. The van der Waals surface area contributed by atoms with Crippen LogP contribution < -0.4 is 0 Å². The smallest absolute Gasteiger partial charge is 0.212 e. The van der Waals surface area contributed by atoms with Crippen molar-refractivity contribution in [3.63, 3.8) is 0 Å². The number of rotatable bonds is 1. The number of halogens is 1. The van der Waals surface area contributed by atoms with Gasteiger partial charge in [0, 0.05) is 10.7 Å². The third-order valence-electron chi connectivity index (χ3n) is 1.93. The van der Waals surface area contributed by atoms with E-state index >= 15 is 0 Å². The van der Waals surface area contributed by atoms with E-state index in [2.05, 4.69) is 6.08 Å².